The van der Waals surface area contributed by atoms with Gasteiger partial charge in [0.05, 0.1) is 0 Å². The summed E-state index contributed by atoms with van der Waals surface area (Å²) in [6.45, 7) is 0. The van der Waals surface area contributed by atoms with Crippen LogP contribution >= 0.6 is 11.6 Å². The number of aromatic nitrogens is 1. The summed E-state index contributed by atoms with van der Waals surface area (Å²) in [6, 6.07) is 9.15. The van der Waals surface area contributed by atoms with Gasteiger partial charge in [0.2, 0.25) is 5.91 Å². The molecule has 1 amide bonds. The quantitative estimate of drug-likeness (QED) is 0.923. The molecule has 1 N–H and O–H groups in total. The van der Waals surface area contributed by atoms with Gasteiger partial charge in [0.15, 0.2) is 5.78 Å². The first kappa shape index (κ1) is 15.1. The highest BCUT2D eigenvalue weighted by Gasteiger charge is 2.30. The van der Waals surface area contributed by atoms with Crippen molar-refractivity contribution in [2.24, 2.45) is 5.92 Å². The second kappa shape index (κ2) is 5.87. The molecule has 1 fully saturated rings. The maximum atomic E-state index is 12.5. The molecule has 0 spiro atoms. The number of nitrogens with one attached hydrogen (secondary N) is 1. The van der Waals surface area contributed by atoms with Crippen LogP contribution in [0.1, 0.15) is 34.3 Å². The van der Waals surface area contributed by atoms with Crippen LogP contribution in [-0.4, -0.2) is 16.7 Å². The molecule has 1 aromatic carbocycles. The molecule has 2 aliphatic carbocycles. The van der Waals surface area contributed by atoms with Crippen LogP contribution in [0.25, 0.3) is 5.57 Å². The van der Waals surface area contributed by atoms with Gasteiger partial charge in [-0.1, -0.05) is 29.8 Å². The Kier molecular flexibility index (Phi) is 3.69. The summed E-state index contributed by atoms with van der Waals surface area (Å²) >= 11 is 6.24. The van der Waals surface area contributed by atoms with Gasteiger partial charge in [0.1, 0.15) is 5.82 Å². The summed E-state index contributed by atoms with van der Waals surface area (Å²) in [7, 11) is 0. The third-order valence-electron chi connectivity index (χ3n) is 4.36. The maximum Gasteiger partial charge on any atom is 0.228 e. The highest BCUT2D eigenvalue weighted by molar-refractivity contribution is 6.32. The lowest BCUT2D eigenvalue weighted by Gasteiger charge is -2.18. The Morgan fingerprint density at radius 2 is 2.00 bits per heavy atom. The number of benzene rings is 1. The number of halogens is 1. The molecule has 1 saturated carbocycles. The molecule has 0 atom stereocenters. The zero-order chi connectivity index (χ0) is 16.7. The van der Waals surface area contributed by atoms with E-state index in [9.17, 15) is 9.59 Å². The van der Waals surface area contributed by atoms with Crippen molar-refractivity contribution in [2.75, 3.05) is 5.32 Å². The van der Waals surface area contributed by atoms with Crippen LogP contribution < -0.4 is 5.32 Å². The zero-order valence-electron chi connectivity index (χ0n) is 12.9. The van der Waals surface area contributed by atoms with Crippen LogP contribution in [0.15, 0.2) is 42.6 Å². The van der Waals surface area contributed by atoms with Gasteiger partial charge in [-0.3, -0.25) is 9.59 Å². The number of hydrogen-bond acceptors (Lipinski definition) is 3. The van der Waals surface area contributed by atoms with Gasteiger partial charge < -0.3 is 5.32 Å². The number of rotatable bonds is 3. The average molecular weight is 339 g/mol. The normalized spacial score (nSPS) is 16.4. The third kappa shape index (κ3) is 2.85. The van der Waals surface area contributed by atoms with Gasteiger partial charge in [-0.15, -0.1) is 0 Å². The highest BCUT2D eigenvalue weighted by atomic mass is 35.5. The smallest absolute Gasteiger partial charge is 0.228 e. The van der Waals surface area contributed by atoms with E-state index in [1.807, 2.05) is 24.3 Å². The molecule has 0 radical (unpaired) electrons. The number of fused-ring (bicyclic) bond motifs is 1. The van der Waals surface area contributed by atoms with Gasteiger partial charge in [0, 0.05) is 29.1 Å². The molecule has 0 unspecified atom stereocenters. The molecule has 0 bridgehead atoms. The first-order valence-corrected chi connectivity index (χ1v) is 8.29. The number of pyridine rings is 1. The summed E-state index contributed by atoms with van der Waals surface area (Å²) in [4.78, 5) is 28.6. The minimum absolute atomic E-state index is 0.0157. The molecule has 120 valence electrons. The molecule has 0 saturated heterocycles. The molecule has 1 aromatic heterocycles. The van der Waals surface area contributed by atoms with Crippen molar-refractivity contribution in [3.8, 4) is 0 Å². The lowest BCUT2D eigenvalue weighted by Crippen LogP contribution is -2.16. The molecule has 2 aromatic rings. The van der Waals surface area contributed by atoms with Gasteiger partial charge in [-0.05, 0) is 47.8 Å². The van der Waals surface area contributed by atoms with E-state index in [4.69, 9.17) is 11.6 Å². The Bertz CT molecular complexity index is 885. The number of allylic oxidation sites excluding steroid dienone is 2. The Balaban J connectivity index is 1.62. The minimum atomic E-state index is -0.0875. The largest absolute Gasteiger partial charge is 0.310 e. The SMILES string of the molecule is O=C1C=C(c2ccccc2Cl)Cc2cnc(NC(=O)C3CC3)cc21. The van der Waals surface area contributed by atoms with Gasteiger partial charge in [-0.25, -0.2) is 4.98 Å². The molecule has 4 nitrogen and oxygen atoms in total. The Hall–Kier alpha value is -2.46. The fourth-order valence-electron chi connectivity index (χ4n) is 2.88. The van der Waals surface area contributed by atoms with Crippen molar-refractivity contribution in [2.45, 2.75) is 19.3 Å². The van der Waals surface area contributed by atoms with E-state index in [1.165, 1.54) is 0 Å². The predicted octanol–water partition coefficient (Wildman–Crippen LogP) is 3.91. The number of carbonyl (C=O) groups excluding carboxylic acids is 2. The lowest BCUT2D eigenvalue weighted by molar-refractivity contribution is -0.117. The number of carbonyl (C=O) groups is 2. The van der Waals surface area contributed by atoms with Crippen LogP contribution in [0.2, 0.25) is 5.02 Å². The summed E-state index contributed by atoms with van der Waals surface area (Å²) in [5.74, 6) is 0.437. The second-order valence-electron chi connectivity index (χ2n) is 6.18. The fourth-order valence-corrected chi connectivity index (χ4v) is 3.14. The number of anilines is 1. The van der Waals surface area contributed by atoms with Gasteiger partial charge in [0.25, 0.3) is 0 Å². The van der Waals surface area contributed by atoms with E-state index < -0.39 is 0 Å². The van der Waals surface area contributed by atoms with Crippen LogP contribution in [0.5, 0.6) is 0 Å². The van der Waals surface area contributed by atoms with Crippen LogP contribution in [-0.2, 0) is 11.2 Å². The third-order valence-corrected chi connectivity index (χ3v) is 4.69. The molecule has 24 heavy (non-hydrogen) atoms. The monoisotopic (exact) mass is 338 g/mol. The summed E-state index contributed by atoms with van der Waals surface area (Å²) in [6.07, 6.45) is 5.74. The molecule has 5 heteroatoms. The van der Waals surface area contributed by atoms with Crippen molar-refractivity contribution < 1.29 is 9.59 Å². The van der Waals surface area contributed by atoms with E-state index in [0.29, 0.717) is 22.8 Å². The highest BCUT2D eigenvalue weighted by Crippen LogP contribution is 2.33. The predicted molar refractivity (Wildman–Crippen MR) is 93.1 cm³/mol. The van der Waals surface area contributed by atoms with E-state index in [-0.39, 0.29) is 17.6 Å². The van der Waals surface area contributed by atoms with Crippen molar-refractivity contribution in [3.63, 3.8) is 0 Å². The Labute approximate surface area is 144 Å². The second-order valence-corrected chi connectivity index (χ2v) is 6.59. The maximum absolute atomic E-state index is 12.5. The molecule has 2 aliphatic rings. The first-order chi connectivity index (χ1) is 11.6. The molecule has 4 rings (SSSR count). The lowest BCUT2D eigenvalue weighted by atomic mass is 9.88. The molecule has 1 heterocycles. The summed E-state index contributed by atoms with van der Waals surface area (Å²) in [5, 5.41) is 3.41. The van der Waals surface area contributed by atoms with Crippen molar-refractivity contribution >= 4 is 34.7 Å². The fraction of sp³-hybridized carbons (Fsp3) is 0.211. The molecular weight excluding hydrogens is 324 g/mol. The zero-order valence-corrected chi connectivity index (χ0v) is 13.6. The minimum Gasteiger partial charge on any atom is -0.310 e. The van der Waals surface area contributed by atoms with Crippen molar-refractivity contribution in [3.05, 3.63) is 64.3 Å². The molecular formula is C19H15ClN2O2. The topological polar surface area (TPSA) is 59.1 Å². The van der Waals surface area contributed by atoms with E-state index >= 15 is 0 Å². The van der Waals surface area contributed by atoms with Crippen LogP contribution in [0.3, 0.4) is 0 Å². The summed E-state index contributed by atoms with van der Waals surface area (Å²) in [5.41, 5.74) is 3.19. The van der Waals surface area contributed by atoms with Crippen molar-refractivity contribution in [1.82, 2.24) is 4.98 Å². The Morgan fingerprint density at radius 3 is 2.75 bits per heavy atom. The van der Waals surface area contributed by atoms with Crippen LogP contribution in [0.4, 0.5) is 5.82 Å². The average Bonchev–Trinajstić information content (AvgIpc) is 3.41. The number of ketones is 1. The number of hydrogen-bond donors (Lipinski definition) is 1. The van der Waals surface area contributed by atoms with Crippen LogP contribution in [0, 0.1) is 5.92 Å². The molecule has 0 aliphatic heterocycles. The summed E-state index contributed by atoms with van der Waals surface area (Å²) < 4.78 is 0. The number of amides is 1. The number of nitrogens with zero attached hydrogens (tertiary/aromatic N) is 1. The van der Waals surface area contributed by atoms with Gasteiger partial charge in [-0.2, -0.15) is 0 Å². The Morgan fingerprint density at radius 1 is 1.21 bits per heavy atom. The van der Waals surface area contributed by atoms with E-state index in [1.54, 1.807) is 18.3 Å². The van der Waals surface area contributed by atoms with Gasteiger partial charge >= 0.3 is 0 Å². The van der Waals surface area contributed by atoms with E-state index in [0.717, 1.165) is 29.5 Å². The van der Waals surface area contributed by atoms with Crippen molar-refractivity contribution in [1.29, 1.82) is 0 Å². The first-order valence-electron chi connectivity index (χ1n) is 7.91. The van der Waals surface area contributed by atoms with E-state index in [2.05, 4.69) is 10.3 Å². The standard InChI is InChI=1S/C19H15ClN2O2/c20-16-4-2-1-3-14(16)12-7-13-10-21-18(9-15(13)17(23)8-12)22-19(24)11-5-6-11/h1-4,8-11H,5-7H2,(H,21,22,24).